The van der Waals surface area contributed by atoms with Gasteiger partial charge in [-0.2, -0.15) is 0 Å². The average molecular weight is 297 g/mol. The number of carbonyl (C=O) groups is 1. The molecule has 19 heavy (non-hydrogen) atoms. The molecular weight excluding hydrogens is 282 g/mol. The molecule has 2 aromatic heterocycles. The van der Waals surface area contributed by atoms with Gasteiger partial charge in [-0.1, -0.05) is 0 Å². The first kappa shape index (κ1) is 14.2. The molecule has 2 heterocycles. The zero-order valence-electron chi connectivity index (χ0n) is 10.6. The average Bonchev–Trinajstić information content (AvgIpc) is 2.97. The molecule has 0 fully saturated rings. The van der Waals surface area contributed by atoms with Gasteiger partial charge in [-0.15, -0.1) is 22.7 Å². The highest BCUT2D eigenvalue weighted by Crippen LogP contribution is 2.29. The van der Waals surface area contributed by atoms with E-state index in [9.17, 15) is 4.79 Å². The van der Waals surface area contributed by atoms with Gasteiger partial charge in [0.1, 0.15) is 0 Å². The molecule has 0 aliphatic heterocycles. The van der Waals surface area contributed by atoms with Gasteiger partial charge in [0.25, 0.3) is 0 Å². The number of hydrogen-bond acceptors (Lipinski definition) is 5. The van der Waals surface area contributed by atoms with Gasteiger partial charge in [0.05, 0.1) is 22.0 Å². The lowest BCUT2D eigenvalue weighted by atomic mass is 10.3. The maximum atomic E-state index is 10.6. The summed E-state index contributed by atoms with van der Waals surface area (Å²) in [5.41, 5.74) is 0.944. The molecular formula is C13H15NO3S2. The number of aliphatic carboxylic acids is 1. The fraction of sp³-hybridized carbons (Fsp3) is 0.385. The second-order valence-electron chi connectivity index (χ2n) is 4.06. The number of nitrogens with zero attached hydrogens (tertiary/aromatic N) is 1. The van der Waals surface area contributed by atoms with Crippen LogP contribution in [0.15, 0.2) is 17.5 Å². The Hall–Kier alpha value is -1.24. The lowest BCUT2D eigenvalue weighted by Crippen LogP contribution is -1.96. The van der Waals surface area contributed by atoms with E-state index in [2.05, 4.69) is 4.98 Å². The Balaban J connectivity index is 2.01. The van der Waals surface area contributed by atoms with Crippen LogP contribution in [0.2, 0.25) is 0 Å². The first-order chi connectivity index (χ1) is 9.19. The molecule has 0 spiro atoms. The molecule has 0 saturated carbocycles. The molecule has 0 amide bonds. The number of methoxy groups -OCH3 is 1. The summed E-state index contributed by atoms with van der Waals surface area (Å²) in [6.07, 6.45) is 1.97. The molecule has 0 aromatic carbocycles. The van der Waals surface area contributed by atoms with Crippen molar-refractivity contribution < 1.29 is 14.6 Å². The van der Waals surface area contributed by atoms with Crippen molar-refractivity contribution in [2.45, 2.75) is 19.3 Å². The summed E-state index contributed by atoms with van der Waals surface area (Å²) in [5.74, 6) is -0.799. The maximum absolute atomic E-state index is 10.6. The van der Waals surface area contributed by atoms with Crippen molar-refractivity contribution in [3.05, 3.63) is 27.4 Å². The lowest BCUT2D eigenvalue weighted by molar-refractivity contribution is -0.136. The van der Waals surface area contributed by atoms with Crippen LogP contribution in [0.3, 0.4) is 0 Å². The highest BCUT2D eigenvalue weighted by molar-refractivity contribution is 7.16. The summed E-state index contributed by atoms with van der Waals surface area (Å²) in [4.78, 5) is 17.1. The van der Waals surface area contributed by atoms with Crippen LogP contribution in [0.25, 0.3) is 10.6 Å². The molecule has 4 nitrogen and oxygen atoms in total. The molecule has 0 aliphatic carbocycles. The Morgan fingerprint density at radius 2 is 2.32 bits per heavy atom. The molecule has 0 unspecified atom stereocenters. The fourth-order valence-electron chi connectivity index (χ4n) is 1.67. The smallest absolute Gasteiger partial charge is 0.308 e. The van der Waals surface area contributed by atoms with Gasteiger partial charge in [0, 0.05) is 30.4 Å². The van der Waals surface area contributed by atoms with E-state index in [4.69, 9.17) is 9.84 Å². The van der Waals surface area contributed by atoms with Gasteiger partial charge in [0.15, 0.2) is 0 Å². The van der Waals surface area contributed by atoms with E-state index in [0.29, 0.717) is 0 Å². The third kappa shape index (κ3) is 4.12. The van der Waals surface area contributed by atoms with Crippen LogP contribution < -0.4 is 0 Å². The summed E-state index contributed by atoms with van der Waals surface area (Å²) in [7, 11) is 1.70. The van der Waals surface area contributed by atoms with E-state index >= 15 is 0 Å². The largest absolute Gasteiger partial charge is 0.481 e. The minimum absolute atomic E-state index is 0.0789. The Bertz CT molecular complexity index is 548. The second kappa shape index (κ2) is 6.79. The Morgan fingerprint density at radius 3 is 3.05 bits per heavy atom. The van der Waals surface area contributed by atoms with Crippen molar-refractivity contribution in [3.8, 4) is 10.6 Å². The summed E-state index contributed by atoms with van der Waals surface area (Å²) in [6.45, 7) is 0.747. The molecule has 1 N–H and O–H groups in total. The van der Waals surface area contributed by atoms with Gasteiger partial charge in [-0.05, 0) is 18.6 Å². The van der Waals surface area contributed by atoms with Crippen LogP contribution in [0.4, 0.5) is 0 Å². The maximum Gasteiger partial charge on any atom is 0.308 e. The zero-order chi connectivity index (χ0) is 13.7. The quantitative estimate of drug-likeness (QED) is 0.798. The Labute approximate surface area is 119 Å². The number of rotatable bonds is 7. The van der Waals surface area contributed by atoms with Gasteiger partial charge in [-0.25, -0.2) is 4.98 Å². The van der Waals surface area contributed by atoms with Crippen LogP contribution >= 0.6 is 22.7 Å². The number of carboxylic acid groups (broad SMARTS) is 1. The van der Waals surface area contributed by atoms with Gasteiger partial charge in [-0.3, -0.25) is 4.79 Å². The van der Waals surface area contributed by atoms with Crippen LogP contribution in [0, 0.1) is 0 Å². The molecule has 6 heteroatoms. The number of carboxylic acids is 1. The molecule has 0 aliphatic rings. The van der Waals surface area contributed by atoms with E-state index in [1.54, 1.807) is 18.4 Å². The standard InChI is InChI=1S/C13H15NO3S2/c1-17-6-2-3-12-14-10(8-18-12)11-5-4-9(19-11)7-13(15)16/h4-5,8H,2-3,6-7H2,1H3,(H,15,16). The zero-order valence-corrected chi connectivity index (χ0v) is 12.2. The fourth-order valence-corrected chi connectivity index (χ4v) is 3.54. The van der Waals surface area contributed by atoms with Crippen molar-refractivity contribution in [1.29, 1.82) is 0 Å². The SMILES string of the molecule is COCCCc1nc(-c2ccc(CC(=O)O)s2)cs1. The Kier molecular flexibility index (Phi) is 5.07. The molecule has 0 bridgehead atoms. The lowest BCUT2D eigenvalue weighted by Gasteiger charge is -1.95. The first-order valence-corrected chi connectivity index (χ1v) is 7.63. The third-order valence-electron chi connectivity index (χ3n) is 2.53. The number of thiophene rings is 1. The van der Waals surface area contributed by atoms with Crippen molar-refractivity contribution in [1.82, 2.24) is 4.98 Å². The number of aromatic nitrogens is 1. The van der Waals surface area contributed by atoms with Gasteiger partial charge in [0.2, 0.25) is 0 Å². The molecule has 102 valence electrons. The summed E-state index contributed by atoms with van der Waals surface area (Å²) < 4.78 is 5.02. The topological polar surface area (TPSA) is 59.4 Å². The van der Waals surface area contributed by atoms with E-state index in [1.165, 1.54) is 11.3 Å². The second-order valence-corrected chi connectivity index (χ2v) is 6.17. The Morgan fingerprint density at radius 1 is 1.47 bits per heavy atom. The molecule has 0 saturated heterocycles. The van der Waals surface area contributed by atoms with Crippen molar-refractivity contribution in [2.75, 3.05) is 13.7 Å². The normalized spacial score (nSPS) is 10.8. The predicted octanol–water partition coefficient (Wildman–Crippen LogP) is 3.08. The van der Waals surface area contributed by atoms with Crippen molar-refractivity contribution in [3.63, 3.8) is 0 Å². The minimum Gasteiger partial charge on any atom is -0.481 e. The monoisotopic (exact) mass is 297 g/mol. The molecule has 0 atom stereocenters. The highest BCUT2D eigenvalue weighted by atomic mass is 32.1. The number of hydrogen-bond donors (Lipinski definition) is 1. The summed E-state index contributed by atoms with van der Waals surface area (Å²) in [5, 5.41) is 11.9. The number of thiazole rings is 1. The summed E-state index contributed by atoms with van der Waals surface area (Å²) in [6, 6.07) is 3.80. The van der Waals surface area contributed by atoms with Crippen LogP contribution in [0.1, 0.15) is 16.3 Å². The number of aryl methyl sites for hydroxylation is 1. The van der Waals surface area contributed by atoms with Crippen molar-refractivity contribution in [2.24, 2.45) is 0 Å². The minimum atomic E-state index is -0.799. The highest BCUT2D eigenvalue weighted by Gasteiger charge is 2.09. The van der Waals surface area contributed by atoms with Gasteiger partial charge < -0.3 is 9.84 Å². The van der Waals surface area contributed by atoms with Crippen LogP contribution in [-0.4, -0.2) is 29.8 Å². The molecule has 0 radical (unpaired) electrons. The molecule has 2 aromatic rings. The third-order valence-corrected chi connectivity index (χ3v) is 4.55. The van der Waals surface area contributed by atoms with Crippen LogP contribution in [-0.2, 0) is 22.4 Å². The predicted molar refractivity (Wildman–Crippen MR) is 77.0 cm³/mol. The number of ether oxygens (including phenoxy) is 1. The molecule has 2 rings (SSSR count). The summed E-state index contributed by atoms with van der Waals surface area (Å²) >= 11 is 3.14. The van der Waals surface area contributed by atoms with Crippen LogP contribution in [0.5, 0.6) is 0 Å². The van der Waals surface area contributed by atoms with E-state index in [1.807, 2.05) is 17.5 Å². The van der Waals surface area contributed by atoms with Crippen molar-refractivity contribution >= 4 is 28.6 Å². The van der Waals surface area contributed by atoms with E-state index < -0.39 is 5.97 Å². The van der Waals surface area contributed by atoms with E-state index in [-0.39, 0.29) is 6.42 Å². The van der Waals surface area contributed by atoms with Gasteiger partial charge >= 0.3 is 5.97 Å². The first-order valence-electron chi connectivity index (χ1n) is 5.93. The van der Waals surface area contributed by atoms with E-state index in [0.717, 1.165) is 39.9 Å².